The minimum Gasteiger partial charge on any atom is -0.480 e. The van der Waals surface area contributed by atoms with Gasteiger partial charge < -0.3 is 15.4 Å². The Hall–Kier alpha value is -1.56. The van der Waals surface area contributed by atoms with E-state index in [1.54, 1.807) is 6.07 Å². The van der Waals surface area contributed by atoms with E-state index in [1.807, 2.05) is 12.1 Å². The van der Waals surface area contributed by atoms with E-state index in [2.05, 4.69) is 18.4 Å². The maximum absolute atomic E-state index is 11.4. The first-order valence-electron chi connectivity index (χ1n) is 8.31. The number of aromatic nitrogens is 2. The summed E-state index contributed by atoms with van der Waals surface area (Å²) in [5.74, 6) is -0.0463. The minimum atomic E-state index is -0.980. The molecule has 0 amide bonds. The Bertz CT molecular complexity index is 817. The van der Waals surface area contributed by atoms with Gasteiger partial charge >= 0.3 is 5.97 Å². The fourth-order valence-electron chi connectivity index (χ4n) is 3.51. The van der Waals surface area contributed by atoms with Crippen LogP contribution in [0.3, 0.4) is 0 Å². The Morgan fingerprint density at radius 1 is 1.40 bits per heavy atom. The van der Waals surface area contributed by atoms with Crippen molar-refractivity contribution in [1.29, 1.82) is 0 Å². The molecule has 0 bridgehead atoms. The highest BCUT2D eigenvalue weighted by atomic mass is 35.5. The van der Waals surface area contributed by atoms with E-state index in [9.17, 15) is 9.90 Å². The molecule has 2 atom stereocenters. The number of hydrogen-bond donors (Lipinski definition) is 2. The van der Waals surface area contributed by atoms with E-state index in [0.29, 0.717) is 23.0 Å². The molecule has 1 heterocycles. The number of benzene rings is 1. The number of halogens is 2. The van der Waals surface area contributed by atoms with Crippen molar-refractivity contribution in [2.45, 2.75) is 51.1 Å². The van der Waals surface area contributed by atoms with E-state index < -0.39 is 12.0 Å². The highest BCUT2D eigenvalue weighted by Gasteiger charge is 2.37. The van der Waals surface area contributed by atoms with Gasteiger partial charge in [-0.05, 0) is 30.5 Å². The lowest BCUT2D eigenvalue weighted by molar-refractivity contribution is -0.139. The summed E-state index contributed by atoms with van der Waals surface area (Å²) in [7, 11) is 0. The molecular formula is C18H21Cl2N3O2. The van der Waals surface area contributed by atoms with E-state index in [4.69, 9.17) is 33.9 Å². The standard InChI is InChI=1S/C18H21Cl2N3O2/c1-9(2)17-22-14-6-4-11(15(21)18(24)25)16(14)23(17)8-10-3-5-12(19)13(20)7-10/h3,5,7,9,11,15H,4,6,8,21H2,1-2H3,(H,24,25). The number of rotatable bonds is 5. The maximum Gasteiger partial charge on any atom is 0.321 e. The summed E-state index contributed by atoms with van der Waals surface area (Å²) < 4.78 is 2.11. The first kappa shape index (κ1) is 18.2. The van der Waals surface area contributed by atoms with Gasteiger partial charge in [0.15, 0.2) is 0 Å². The second-order valence-corrected chi connectivity index (χ2v) is 7.61. The highest BCUT2D eigenvalue weighted by Crippen LogP contribution is 2.37. The smallest absolute Gasteiger partial charge is 0.321 e. The summed E-state index contributed by atoms with van der Waals surface area (Å²) in [6.45, 7) is 4.72. The van der Waals surface area contributed by atoms with Gasteiger partial charge in [0, 0.05) is 24.1 Å². The van der Waals surface area contributed by atoms with Crippen LogP contribution in [-0.4, -0.2) is 26.7 Å². The Kier molecular flexibility index (Phi) is 5.09. The lowest BCUT2D eigenvalue weighted by Gasteiger charge is -2.21. The van der Waals surface area contributed by atoms with Crippen molar-refractivity contribution < 1.29 is 9.90 Å². The predicted molar refractivity (Wildman–Crippen MR) is 98.6 cm³/mol. The fourth-order valence-corrected chi connectivity index (χ4v) is 3.83. The SMILES string of the molecule is CC(C)c1nc2c(n1Cc1ccc(Cl)c(Cl)c1)C(C(N)C(=O)O)CC2. The Balaban J connectivity index is 2.05. The van der Waals surface area contributed by atoms with Crippen molar-refractivity contribution in [3.63, 3.8) is 0 Å². The quantitative estimate of drug-likeness (QED) is 0.824. The molecule has 1 aromatic carbocycles. The van der Waals surface area contributed by atoms with E-state index in [-0.39, 0.29) is 11.8 Å². The van der Waals surface area contributed by atoms with E-state index in [0.717, 1.165) is 29.2 Å². The number of carboxylic acid groups (broad SMARTS) is 1. The molecule has 1 aliphatic carbocycles. The third kappa shape index (κ3) is 3.41. The van der Waals surface area contributed by atoms with Crippen LogP contribution in [0.1, 0.15) is 54.9 Å². The highest BCUT2D eigenvalue weighted by molar-refractivity contribution is 6.42. The number of nitrogens with two attached hydrogens (primary N) is 1. The van der Waals surface area contributed by atoms with Crippen LogP contribution >= 0.6 is 23.2 Å². The van der Waals surface area contributed by atoms with Crippen LogP contribution in [0.15, 0.2) is 18.2 Å². The normalized spacial score (nSPS) is 17.8. The van der Waals surface area contributed by atoms with Crippen molar-refractivity contribution in [2.24, 2.45) is 5.73 Å². The summed E-state index contributed by atoms with van der Waals surface area (Å²) in [5.41, 5.74) is 8.85. The van der Waals surface area contributed by atoms with Crippen LogP contribution in [0.2, 0.25) is 10.0 Å². The molecule has 0 aliphatic heterocycles. The molecule has 0 spiro atoms. The van der Waals surface area contributed by atoms with Crippen molar-refractivity contribution in [2.75, 3.05) is 0 Å². The predicted octanol–water partition coefficient (Wildman–Crippen LogP) is 3.80. The number of imidazole rings is 1. The van der Waals surface area contributed by atoms with Gasteiger partial charge in [0.1, 0.15) is 11.9 Å². The van der Waals surface area contributed by atoms with Gasteiger partial charge in [0.2, 0.25) is 0 Å². The summed E-state index contributed by atoms with van der Waals surface area (Å²) in [5, 5.41) is 10.4. The van der Waals surface area contributed by atoms with Crippen molar-refractivity contribution in [3.05, 3.63) is 51.0 Å². The van der Waals surface area contributed by atoms with Crippen LogP contribution in [0.5, 0.6) is 0 Å². The first-order chi connectivity index (χ1) is 11.8. The van der Waals surface area contributed by atoms with Crippen LogP contribution in [0.4, 0.5) is 0 Å². The maximum atomic E-state index is 11.4. The molecular weight excluding hydrogens is 361 g/mol. The second kappa shape index (κ2) is 6.98. The zero-order chi connectivity index (χ0) is 18.3. The minimum absolute atomic E-state index is 0.218. The van der Waals surface area contributed by atoms with Gasteiger partial charge in [-0.25, -0.2) is 4.98 Å². The van der Waals surface area contributed by atoms with E-state index in [1.165, 1.54) is 0 Å². The molecule has 7 heteroatoms. The monoisotopic (exact) mass is 381 g/mol. The molecule has 0 saturated heterocycles. The number of carbonyl (C=O) groups is 1. The van der Waals surface area contributed by atoms with Crippen molar-refractivity contribution >= 4 is 29.2 Å². The molecule has 5 nitrogen and oxygen atoms in total. The topological polar surface area (TPSA) is 81.1 Å². The number of aliphatic carboxylic acids is 1. The third-order valence-electron chi connectivity index (χ3n) is 4.72. The molecule has 1 aliphatic rings. The number of fused-ring (bicyclic) bond motifs is 1. The average molecular weight is 382 g/mol. The van der Waals surface area contributed by atoms with Crippen molar-refractivity contribution in [1.82, 2.24) is 9.55 Å². The summed E-state index contributed by atoms with van der Waals surface area (Å²) >= 11 is 12.1. The Labute approximate surface area is 156 Å². The number of hydrogen-bond acceptors (Lipinski definition) is 3. The average Bonchev–Trinajstić information content (AvgIpc) is 3.10. The number of nitrogens with zero attached hydrogens (tertiary/aromatic N) is 2. The third-order valence-corrected chi connectivity index (χ3v) is 5.45. The van der Waals surface area contributed by atoms with Gasteiger partial charge in [-0.1, -0.05) is 43.1 Å². The molecule has 0 fully saturated rings. The van der Waals surface area contributed by atoms with Crippen LogP contribution < -0.4 is 5.73 Å². The van der Waals surface area contributed by atoms with Gasteiger partial charge in [-0.2, -0.15) is 0 Å². The molecule has 134 valence electrons. The lowest BCUT2D eigenvalue weighted by atomic mass is 9.97. The van der Waals surface area contributed by atoms with Crippen LogP contribution in [0.25, 0.3) is 0 Å². The Morgan fingerprint density at radius 2 is 2.12 bits per heavy atom. The largest absolute Gasteiger partial charge is 0.480 e. The second-order valence-electron chi connectivity index (χ2n) is 6.80. The number of carboxylic acids is 1. The molecule has 2 aromatic rings. The summed E-state index contributed by atoms with van der Waals surface area (Å²) in [6.07, 6.45) is 1.47. The van der Waals surface area contributed by atoms with Crippen LogP contribution in [0, 0.1) is 0 Å². The zero-order valence-electron chi connectivity index (χ0n) is 14.2. The summed E-state index contributed by atoms with van der Waals surface area (Å²) in [6, 6.07) is 4.60. The lowest BCUT2D eigenvalue weighted by Crippen LogP contribution is -2.36. The fraction of sp³-hybridized carbons (Fsp3) is 0.444. The molecule has 0 saturated carbocycles. The molecule has 25 heavy (non-hydrogen) atoms. The van der Waals surface area contributed by atoms with E-state index >= 15 is 0 Å². The summed E-state index contributed by atoms with van der Waals surface area (Å²) in [4.78, 5) is 16.2. The van der Waals surface area contributed by atoms with Gasteiger partial charge in [0.25, 0.3) is 0 Å². The number of aryl methyl sites for hydroxylation is 1. The van der Waals surface area contributed by atoms with Gasteiger partial charge in [-0.3, -0.25) is 4.79 Å². The zero-order valence-corrected chi connectivity index (χ0v) is 15.7. The first-order valence-corrected chi connectivity index (χ1v) is 9.06. The van der Waals surface area contributed by atoms with Gasteiger partial charge in [-0.15, -0.1) is 0 Å². The molecule has 2 unspecified atom stereocenters. The Morgan fingerprint density at radius 3 is 2.72 bits per heavy atom. The van der Waals surface area contributed by atoms with Crippen molar-refractivity contribution in [3.8, 4) is 0 Å². The molecule has 0 radical (unpaired) electrons. The van der Waals surface area contributed by atoms with Crippen LogP contribution in [-0.2, 0) is 17.8 Å². The molecule has 3 rings (SSSR count). The van der Waals surface area contributed by atoms with Gasteiger partial charge in [0.05, 0.1) is 15.7 Å². The molecule has 3 N–H and O–H groups in total. The molecule has 1 aromatic heterocycles.